The molecule has 3 rings (SSSR count). The molecule has 24 heavy (non-hydrogen) atoms. The Bertz CT molecular complexity index is 900. The lowest BCUT2D eigenvalue weighted by Gasteiger charge is -2.14. The highest BCUT2D eigenvalue weighted by molar-refractivity contribution is 5.98. The fourth-order valence-corrected chi connectivity index (χ4v) is 2.63. The molecule has 2 N–H and O–H groups in total. The minimum Gasteiger partial charge on any atom is -0.464 e. The topological polar surface area (TPSA) is 80.0 Å². The van der Waals surface area contributed by atoms with Gasteiger partial charge in [0, 0.05) is 11.7 Å². The minimum absolute atomic E-state index is 0.188. The molecule has 0 saturated heterocycles. The van der Waals surface area contributed by atoms with Crippen LogP contribution in [0.1, 0.15) is 17.3 Å². The molecule has 1 amide bonds. The van der Waals surface area contributed by atoms with Crippen molar-refractivity contribution in [1.82, 2.24) is 9.72 Å². The number of amides is 1. The van der Waals surface area contributed by atoms with E-state index >= 15 is 0 Å². The van der Waals surface area contributed by atoms with Crippen LogP contribution in [0.3, 0.4) is 0 Å². The summed E-state index contributed by atoms with van der Waals surface area (Å²) in [5.41, 5.74) is 2.27. The van der Waals surface area contributed by atoms with Crippen LogP contribution in [-0.2, 0) is 9.53 Å². The number of benzene rings is 1. The second-order valence-electron chi connectivity index (χ2n) is 5.38. The van der Waals surface area contributed by atoms with Gasteiger partial charge in [0.05, 0.1) is 24.3 Å². The summed E-state index contributed by atoms with van der Waals surface area (Å²) in [5, 5.41) is 12.8. The first-order valence-electron chi connectivity index (χ1n) is 7.72. The molecule has 2 heterocycles. The van der Waals surface area contributed by atoms with Crippen molar-refractivity contribution in [2.24, 2.45) is 0 Å². The predicted octanol–water partition coefficient (Wildman–Crippen LogP) is 1.75. The average Bonchev–Trinajstić information content (AvgIpc) is 3.04. The first kappa shape index (κ1) is 16.0. The van der Waals surface area contributed by atoms with E-state index in [0.717, 1.165) is 16.4 Å². The second kappa shape index (κ2) is 6.72. The number of carbonyl (C=O) groups excluding carboxylic acids is 2. The molecule has 1 atom stereocenters. The highest BCUT2D eigenvalue weighted by Crippen LogP contribution is 2.19. The van der Waals surface area contributed by atoms with Crippen LogP contribution in [0.2, 0.25) is 0 Å². The Morgan fingerprint density at radius 2 is 2.04 bits per heavy atom. The van der Waals surface area contributed by atoms with Gasteiger partial charge in [-0.25, -0.2) is 4.79 Å². The van der Waals surface area contributed by atoms with Crippen LogP contribution in [0.25, 0.3) is 16.4 Å². The summed E-state index contributed by atoms with van der Waals surface area (Å²) in [5.74, 6) is -1.09. The summed E-state index contributed by atoms with van der Waals surface area (Å²) in [6, 6.07) is 12.4. The fraction of sp³-hybridized carbons (Fsp3) is 0.222. The standard InChI is InChI=1S/C18H18N2O4/c1-2-24-18(23)15(11-21)19-17(22)13-9-14-8-7-12-5-3-4-6-16(12)20(14)10-13/h3-10,15,21H,2,11H2,1H3,(H,19,22)/t15-/m0/s1. The number of nitrogens with zero attached hydrogens (tertiary/aromatic N) is 1. The van der Waals surface area contributed by atoms with E-state index in [0.29, 0.717) is 5.56 Å². The minimum atomic E-state index is -1.07. The van der Waals surface area contributed by atoms with Gasteiger partial charge in [0.2, 0.25) is 0 Å². The Balaban J connectivity index is 1.90. The molecule has 0 aliphatic rings. The molecule has 0 fully saturated rings. The Morgan fingerprint density at radius 3 is 2.79 bits per heavy atom. The molecule has 0 unspecified atom stereocenters. The van der Waals surface area contributed by atoms with Crippen molar-refractivity contribution in [3.63, 3.8) is 0 Å². The smallest absolute Gasteiger partial charge is 0.331 e. The van der Waals surface area contributed by atoms with Crippen molar-refractivity contribution < 1.29 is 19.4 Å². The largest absolute Gasteiger partial charge is 0.464 e. The van der Waals surface area contributed by atoms with Crippen molar-refractivity contribution in [2.75, 3.05) is 13.2 Å². The molecule has 0 saturated carbocycles. The molecule has 0 radical (unpaired) electrons. The zero-order chi connectivity index (χ0) is 17.1. The second-order valence-corrected chi connectivity index (χ2v) is 5.38. The first-order valence-corrected chi connectivity index (χ1v) is 7.72. The van der Waals surface area contributed by atoms with Crippen molar-refractivity contribution in [3.8, 4) is 0 Å². The summed E-state index contributed by atoms with van der Waals surface area (Å²) in [6.07, 6.45) is 1.71. The van der Waals surface area contributed by atoms with Gasteiger partial charge in [-0.15, -0.1) is 0 Å². The predicted molar refractivity (Wildman–Crippen MR) is 89.9 cm³/mol. The van der Waals surface area contributed by atoms with Crippen molar-refractivity contribution in [3.05, 3.63) is 54.2 Å². The zero-order valence-corrected chi connectivity index (χ0v) is 13.2. The summed E-state index contributed by atoms with van der Waals surface area (Å²) in [6.45, 7) is 1.34. The van der Waals surface area contributed by atoms with Gasteiger partial charge >= 0.3 is 5.97 Å². The number of aromatic nitrogens is 1. The van der Waals surface area contributed by atoms with E-state index < -0.39 is 24.5 Å². The van der Waals surface area contributed by atoms with Gasteiger partial charge in [-0.3, -0.25) is 4.79 Å². The van der Waals surface area contributed by atoms with E-state index in [1.54, 1.807) is 19.2 Å². The highest BCUT2D eigenvalue weighted by Gasteiger charge is 2.22. The number of hydrogen-bond donors (Lipinski definition) is 2. The van der Waals surface area contributed by atoms with E-state index in [1.165, 1.54) is 0 Å². The maximum absolute atomic E-state index is 12.4. The van der Waals surface area contributed by atoms with E-state index in [-0.39, 0.29) is 6.61 Å². The lowest BCUT2D eigenvalue weighted by Crippen LogP contribution is -2.44. The van der Waals surface area contributed by atoms with Gasteiger partial charge in [-0.05, 0) is 30.5 Å². The highest BCUT2D eigenvalue weighted by atomic mass is 16.5. The number of para-hydroxylation sites is 1. The van der Waals surface area contributed by atoms with Gasteiger partial charge in [0.1, 0.15) is 0 Å². The molecule has 0 aliphatic heterocycles. The monoisotopic (exact) mass is 326 g/mol. The molecule has 6 heteroatoms. The third-order valence-corrected chi connectivity index (χ3v) is 3.80. The van der Waals surface area contributed by atoms with Crippen LogP contribution in [0.4, 0.5) is 0 Å². The number of fused-ring (bicyclic) bond motifs is 3. The van der Waals surface area contributed by atoms with E-state index in [9.17, 15) is 14.7 Å². The van der Waals surface area contributed by atoms with Gasteiger partial charge in [0.25, 0.3) is 5.91 Å². The first-order chi connectivity index (χ1) is 11.6. The summed E-state index contributed by atoms with van der Waals surface area (Å²) in [7, 11) is 0. The molecule has 0 bridgehead atoms. The van der Waals surface area contributed by atoms with Gasteiger partial charge in [-0.2, -0.15) is 0 Å². The number of aliphatic hydroxyl groups excluding tert-OH is 1. The third kappa shape index (κ3) is 2.96. The summed E-state index contributed by atoms with van der Waals surface area (Å²) < 4.78 is 6.75. The van der Waals surface area contributed by atoms with Crippen LogP contribution in [0, 0.1) is 0 Å². The third-order valence-electron chi connectivity index (χ3n) is 3.80. The van der Waals surface area contributed by atoms with E-state index in [2.05, 4.69) is 5.32 Å². The molecule has 1 aromatic carbocycles. The SMILES string of the molecule is CCOC(=O)[C@H](CO)NC(=O)c1cc2ccc3ccccc3n2c1. The van der Waals surface area contributed by atoms with Crippen molar-refractivity contribution >= 4 is 28.3 Å². The van der Waals surface area contributed by atoms with Crippen LogP contribution < -0.4 is 5.32 Å². The molecule has 0 aliphatic carbocycles. The molecular weight excluding hydrogens is 308 g/mol. The number of rotatable bonds is 5. The zero-order valence-electron chi connectivity index (χ0n) is 13.2. The van der Waals surface area contributed by atoms with E-state index in [4.69, 9.17) is 4.74 Å². The summed E-state index contributed by atoms with van der Waals surface area (Å²) in [4.78, 5) is 24.1. The van der Waals surface area contributed by atoms with Gasteiger partial charge in [-0.1, -0.05) is 24.3 Å². The Kier molecular flexibility index (Phi) is 4.48. The quantitative estimate of drug-likeness (QED) is 0.700. The molecule has 3 aromatic rings. The molecular formula is C18H18N2O4. The van der Waals surface area contributed by atoms with Crippen LogP contribution in [0.5, 0.6) is 0 Å². The fourth-order valence-electron chi connectivity index (χ4n) is 2.63. The number of nitrogens with one attached hydrogen (secondary N) is 1. The maximum atomic E-state index is 12.4. The van der Waals surface area contributed by atoms with Gasteiger partial charge < -0.3 is 19.6 Å². The molecule has 6 nitrogen and oxygen atoms in total. The lowest BCUT2D eigenvalue weighted by atomic mass is 10.2. The normalized spacial score (nSPS) is 12.2. The Labute approximate surface area is 138 Å². The molecule has 2 aromatic heterocycles. The molecule has 0 spiro atoms. The number of hydrogen-bond acceptors (Lipinski definition) is 4. The summed E-state index contributed by atoms with van der Waals surface area (Å²) >= 11 is 0. The Hall–Kier alpha value is -2.86. The maximum Gasteiger partial charge on any atom is 0.331 e. The van der Waals surface area contributed by atoms with E-state index in [1.807, 2.05) is 40.8 Å². The Morgan fingerprint density at radius 1 is 1.25 bits per heavy atom. The van der Waals surface area contributed by atoms with Crippen LogP contribution in [0.15, 0.2) is 48.7 Å². The number of carbonyl (C=O) groups is 2. The van der Waals surface area contributed by atoms with Gasteiger partial charge in [0.15, 0.2) is 6.04 Å². The number of ether oxygens (including phenoxy) is 1. The van der Waals surface area contributed by atoms with Crippen LogP contribution in [-0.4, -0.2) is 40.6 Å². The number of aliphatic hydroxyl groups is 1. The molecule has 124 valence electrons. The number of esters is 1. The lowest BCUT2D eigenvalue weighted by molar-refractivity contribution is -0.146. The van der Waals surface area contributed by atoms with Crippen molar-refractivity contribution in [1.29, 1.82) is 0 Å². The van der Waals surface area contributed by atoms with Crippen molar-refractivity contribution in [2.45, 2.75) is 13.0 Å². The average molecular weight is 326 g/mol. The number of pyridine rings is 1. The van der Waals surface area contributed by atoms with Crippen LogP contribution >= 0.6 is 0 Å².